The van der Waals surface area contributed by atoms with E-state index in [1.807, 2.05) is 0 Å². The van der Waals surface area contributed by atoms with Gasteiger partial charge in [0.15, 0.2) is 0 Å². The predicted molar refractivity (Wildman–Crippen MR) is 78.6 cm³/mol. The van der Waals surface area contributed by atoms with E-state index < -0.39 is 10.0 Å². The van der Waals surface area contributed by atoms with E-state index in [1.165, 1.54) is 15.8 Å². The van der Waals surface area contributed by atoms with E-state index in [-0.39, 0.29) is 10.8 Å². The largest absolute Gasteiger partial charge is 0.383 e. The molecule has 1 amide bonds. The third kappa shape index (κ3) is 4.02. The first-order chi connectivity index (χ1) is 9.47. The van der Waals surface area contributed by atoms with Crippen molar-refractivity contribution in [3.05, 3.63) is 16.3 Å². The molecule has 1 rings (SSSR count). The summed E-state index contributed by atoms with van der Waals surface area (Å²) in [4.78, 5) is 12.4. The molecule has 0 spiro atoms. The molecule has 0 saturated carbocycles. The summed E-state index contributed by atoms with van der Waals surface area (Å²) in [6.45, 7) is 5.19. The van der Waals surface area contributed by atoms with Gasteiger partial charge >= 0.3 is 0 Å². The van der Waals surface area contributed by atoms with Gasteiger partial charge in [0.25, 0.3) is 5.91 Å². The van der Waals surface area contributed by atoms with Crippen molar-refractivity contribution in [2.24, 2.45) is 0 Å². The van der Waals surface area contributed by atoms with Gasteiger partial charge in [-0.05, 0) is 6.07 Å². The molecule has 8 heteroatoms. The second kappa shape index (κ2) is 7.72. The van der Waals surface area contributed by atoms with Gasteiger partial charge in [-0.1, -0.05) is 13.8 Å². The van der Waals surface area contributed by atoms with Gasteiger partial charge in [0.1, 0.15) is 0 Å². The summed E-state index contributed by atoms with van der Waals surface area (Å²) in [6, 6.07) is 1.42. The predicted octanol–water partition coefficient (Wildman–Crippen LogP) is 1.15. The zero-order valence-electron chi connectivity index (χ0n) is 11.9. The van der Waals surface area contributed by atoms with Crippen LogP contribution in [0.15, 0.2) is 16.3 Å². The fourth-order valence-corrected chi connectivity index (χ4v) is 4.27. The van der Waals surface area contributed by atoms with Crippen LogP contribution in [0.25, 0.3) is 0 Å². The second-order valence-electron chi connectivity index (χ2n) is 3.98. The average Bonchev–Trinajstić information content (AvgIpc) is 2.90. The van der Waals surface area contributed by atoms with Crippen LogP contribution in [0, 0.1) is 0 Å². The average molecular weight is 320 g/mol. The standard InChI is InChI=1S/C12H20N2O4S2/c1-4-14(5-2)20(16,17)10-8-11(19-9-10)12(15)13-6-7-18-3/h8-9H,4-7H2,1-3H3,(H,13,15). The highest BCUT2D eigenvalue weighted by Gasteiger charge is 2.24. The Hall–Kier alpha value is -0.960. The third-order valence-electron chi connectivity index (χ3n) is 2.73. The van der Waals surface area contributed by atoms with Crippen molar-refractivity contribution in [2.75, 3.05) is 33.4 Å². The number of amides is 1. The normalized spacial score (nSPS) is 11.8. The van der Waals surface area contributed by atoms with Gasteiger partial charge in [-0.25, -0.2) is 8.42 Å². The third-order valence-corrected chi connectivity index (χ3v) is 5.84. The molecule has 1 aromatic rings. The molecule has 0 aliphatic carbocycles. The van der Waals surface area contributed by atoms with E-state index in [9.17, 15) is 13.2 Å². The van der Waals surface area contributed by atoms with Gasteiger partial charge < -0.3 is 10.1 Å². The van der Waals surface area contributed by atoms with Crippen LogP contribution in [0.5, 0.6) is 0 Å². The van der Waals surface area contributed by atoms with Crippen LogP contribution in [0.3, 0.4) is 0 Å². The van der Waals surface area contributed by atoms with Crippen molar-refractivity contribution in [3.8, 4) is 0 Å². The Balaban J connectivity index is 2.84. The maximum absolute atomic E-state index is 12.3. The lowest BCUT2D eigenvalue weighted by Crippen LogP contribution is -2.30. The minimum absolute atomic E-state index is 0.170. The van der Waals surface area contributed by atoms with E-state index in [1.54, 1.807) is 21.0 Å². The molecule has 0 saturated heterocycles. The van der Waals surface area contributed by atoms with E-state index in [0.717, 1.165) is 11.3 Å². The summed E-state index contributed by atoms with van der Waals surface area (Å²) in [5.74, 6) is -0.284. The van der Waals surface area contributed by atoms with Crippen LogP contribution in [-0.4, -0.2) is 52.0 Å². The molecule has 0 aromatic carbocycles. The highest BCUT2D eigenvalue weighted by atomic mass is 32.2. The lowest BCUT2D eigenvalue weighted by atomic mass is 10.4. The monoisotopic (exact) mass is 320 g/mol. The van der Waals surface area contributed by atoms with Crippen molar-refractivity contribution in [1.29, 1.82) is 0 Å². The van der Waals surface area contributed by atoms with Crippen LogP contribution in [0.4, 0.5) is 0 Å². The summed E-state index contributed by atoms with van der Waals surface area (Å²) in [5.41, 5.74) is 0. The van der Waals surface area contributed by atoms with Crippen molar-refractivity contribution >= 4 is 27.3 Å². The zero-order valence-corrected chi connectivity index (χ0v) is 13.5. The minimum atomic E-state index is -3.50. The number of carbonyl (C=O) groups is 1. The van der Waals surface area contributed by atoms with Crippen molar-refractivity contribution in [1.82, 2.24) is 9.62 Å². The van der Waals surface area contributed by atoms with E-state index in [4.69, 9.17) is 4.74 Å². The molecular formula is C12H20N2O4S2. The number of sulfonamides is 1. The molecule has 0 fully saturated rings. The summed E-state index contributed by atoms with van der Waals surface area (Å²) >= 11 is 1.12. The fourth-order valence-electron chi connectivity index (χ4n) is 1.64. The molecule has 0 aliphatic heterocycles. The highest BCUT2D eigenvalue weighted by Crippen LogP contribution is 2.22. The molecule has 0 unspecified atom stereocenters. The van der Waals surface area contributed by atoms with Crippen molar-refractivity contribution < 1.29 is 17.9 Å². The summed E-state index contributed by atoms with van der Waals surface area (Å²) < 4.78 is 30.7. The number of carbonyl (C=O) groups excluding carboxylic acids is 1. The molecular weight excluding hydrogens is 300 g/mol. The van der Waals surface area contributed by atoms with Crippen LogP contribution in [0.2, 0.25) is 0 Å². The molecule has 114 valence electrons. The van der Waals surface area contributed by atoms with Gasteiger partial charge in [0.2, 0.25) is 10.0 Å². The van der Waals surface area contributed by atoms with Gasteiger partial charge in [-0.15, -0.1) is 11.3 Å². The van der Waals surface area contributed by atoms with Crippen molar-refractivity contribution in [3.63, 3.8) is 0 Å². The molecule has 0 atom stereocenters. The van der Waals surface area contributed by atoms with Gasteiger partial charge in [-0.3, -0.25) is 4.79 Å². The Morgan fingerprint density at radius 2 is 2.05 bits per heavy atom. The molecule has 20 heavy (non-hydrogen) atoms. The number of ether oxygens (including phenoxy) is 1. The lowest BCUT2D eigenvalue weighted by Gasteiger charge is -2.17. The first kappa shape index (κ1) is 17.1. The second-order valence-corrected chi connectivity index (χ2v) is 6.83. The van der Waals surface area contributed by atoms with Crippen LogP contribution >= 0.6 is 11.3 Å². The first-order valence-corrected chi connectivity index (χ1v) is 8.65. The van der Waals surface area contributed by atoms with Crippen LogP contribution in [0.1, 0.15) is 23.5 Å². The summed E-state index contributed by atoms with van der Waals surface area (Å²) in [5, 5.41) is 4.16. The van der Waals surface area contributed by atoms with E-state index in [0.29, 0.717) is 31.1 Å². The van der Waals surface area contributed by atoms with Crippen LogP contribution < -0.4 is 5.32 Å². The summed E-state index contributed by atoms with van der Waals surface area (Å²) in [7, 11) is -1.95. The van der Waals surface area contributed by atoms with Gasteiger partial charge in [0.05, 0.1) is 16.4 Å². The van der Waals surface area contributed by atoms with Gasteiger partial charge in [-0.2, -0.15) is 4.31 Å². The van der Waals surface area contributed by atoms with Crippen LogP contribution in [-0.2, 0) is 14.8 Å². The number of hydrogen-bond donors (Lipinski definition) is 1. The van der Waals surface area contributed by atoms with Gasteiger partial charge in [0, 0.05) is 32.1 Å². The quantitative estimate of drug-likeness (QED) is 0.729. The molecule has 0 radical (unpaired) electrons. The molecule has 6 nitrogen and oxygen atoms in total. The topological polar surface area (TPSA) is 75.7 Å². The zero-order chi connectivity index (χ0) is 15.2. The fraction of sp³-hybridized carbons (Fsp3) is 0.583. The molecule has 1 aromatic heterocycles. The highest BCUT2D eigenvalue weighted by molar-refractivity contribution is 7.89. The first-order valence-electron chi connectivity index (χ1n) is 6.33. The molecule has 1 N–H and O–H groups in total. The number of methoxy groups -OCH3 is 1. The Labute approximate surface area is 123 Å². The van der Waals surface area contributed by atoms with E-state index >= 15 is 0 Å². The smallest absolute Gasteiger partial charge is 0.261 e. The minimum Gasteiger partial charge on any atom is -0.383 e. The maximum Gasteiger partial charge on any atom is 0.261 e. The number of nitrogens with zero attached hydrogens (tertiary/aromatic N) is 1. The number of nitrogens with one attached hydrogen (secondary N) is 1. The SMILES string of the molecule is CCN(CC)S(=O)(=O)c1csc(C(=O)NCCOC)c1. The van der Waals surface area contributed by atoms with Crippen molar-refractivity contribution in [2.45, 2.75) is 18.7 Å². The maximum atomic E-state index is 12.3. The Kier molecular flexibility index (Phi) is 6.60. The Morgan fingerprint density at radius 3 is 2.60 bits per heavy atom. The lowest BCUT2D eigenvalue weighted by molar-refractivity contribution is 0.0941. The number of hydrogen-bond acceptors (Lipinski definition) is 5. The number of rotatable bonds is 8. The summed E-state index contributed by atoms with van der Waals surface area (Å²) in [6.07, 6.45) is 0. The molecule has 0 aliphatic rings. The van der Waals surface area contributed by atoms with E-state index in [2.05, 4.69) is 5.32 Å². The number of thiophene rings is 1. The molecule has 0 bridgehead atoms. The Morgan fingerprint density at radius 1 is 1.40 bits per heavy atom. The molecule has 1 heterocycles. The Bertz CT molecular complexity index is 535.